The van der Waals surface area contributed by atoms with Gasteiger partial charge in [0.2, 0.25) is 0 Å². The van der Waals surface area contributed by atoms with Crippen LogP contribution >= 0.6 is 0 Å². The van der Waals surface area contributed by atoms with Crippen molar-refractivity contribution in [1.82, 2.24) is 0 Å². The summed E-state index contributed by atoms with van der Waals surface area (Å²) in [6.45, 7) is 2.39. The predicted molar refractivity (Wildman–Crippen MR) is 51.9 cm³/mol. The second-order valence-electron chi connectivity index (χ2n) is 5.09. The van der Waals surface area contributed by atoms with E-state index >= 15 is 0 Å². The van der Waals surface area contributed by atoms with Crippen molar-refractivity contribution >= 4 is 0 Å². The van der Waals surface area contributed by atoms with E-state index in [1.807, 2.05) is 0 Å². The van der Waals surface area contributed by atoms with Crippen molar-refractivity contribution in [2.45, 2.75) is 57.4 Å². The molecule has 0 radical (unpaired) electrons. The monoisotopic (exact) mass is 167 g/mol. The molecule has 12 heavy (non-hydrogen) atoms. The lowest BCUT2D eigenvalue weighted by atomic mass is 9.85. The number of nitrogens with two attached hydrogens (primary N) is 1. The highest BCUT2D eigenvalue weighted by molar-refractivity contribution is 4.93. The molecular formula is C11H21N. The fourth-order valence-corrected chi connectivity index (χ4v) is 2.76. The van der Waals surface area contributed by atoms with Crippen LogP contribution in [0.3, 0.4) is 0 Å². The SMILES string of the molecule is CC(CC1(N)CCCC1)C1CC1. The second kappa shape index (κ2) is 3.02. The van der Waals surface area contributed by atoms with E-state index < -0.39 is 0 Å². The fraction of sp³-hybridized carbons (Fsp3) is 1.00. The standard InChI is InChI=1S/C11H21N/c1-9(10-4-5-10)8-11(12)6-2-3-7-11/h9-10H,2-8,12H2,1H3. The van der Waals surface area contributed by atoms with Gasteiger partial charge in [0.15, 0.2) is 0 Å². The summed E-state index contributed by atoms with van der Waals surface area (Å²) in [7, 11) is 0. The van der Waals surface area contributed by atoms with Crippen LogP contribution in [0, 0.1) is 11.8 Å². The lowest BCUT2D eigenvalue weighted by Gasteiger charge is -2.27. The lowest BCUT2D eigenvalue weighted by Crippen LogP contribution is -2.38. The summed E-state index contributed by atoms with van der Waals surface area (Å²) in [5.74, 6) is 1.93. The van der Waals surface area contributed by atoms with Crippen LogP contribution in [0.5, 0.6) is 0 Å². The summed E-state index contributed by atoms with van der Waals surface area (Å²) in [6, 6.07) is 0. The molecule has 0 aromatic carbocycles. The molecular weight excluding hydrogens is 146 g/mol. The number of hydrogen-bond acceptors (Lipinski definition) is 1. The molecule has 0 heterocycles. The van der Waals surface area contributed by atoms with Crippen molar-refractivity contribution in [3.8, 4) is 0 Å². The molecule has 0 aromatic heterocycles. The summed E-state index contributed by atoms with van der Waals surface area (Å²) in [4.78, 5) is 0. The van der Waals surface area contributed by atoms with E-state index in [4.69, 9.17) is 5.73 Å². The van der Waals surface area contributed by atoms with Gasteiger partial charge >= 0.3 is 0 Å². The Morgan fingerprint density at radius 2 is 1.92 bits per heavy atom. The minimum atomic E-state index is 0.238. The minimum absolute atomic E-state index is 0.238. The number of rotatable bonds is 3. The zero-order valence-corrected chi connectivity index (χ0v) is 8.18. The number of hydrogen-bond donors (Lipinski definition) is 1. The molecule has 0 amide bonds. The minimum Gasteiger partial charge on any atom is -0.325 e. The van der Waals surface area contributed by atoms with Gasteiger partial charge in [0.25, 0.3) is 0 Å². The summed E-state index contributed by atoms with van der Waals surface area (Å²) >= 11 is 0. The summed E-state index contributed by atoms with van der Waals surface area (Å²) in [5, 5.41) is 0. The van der Waals surface area contributed by atoms with Crippen LogP contribution in [0.25, 0.3) is 0 Å². The molecule has 2 aliphatic rings. The van der Waals surface area contributed by atoms with E-state index in [9.17, 15) is 0 Å². The molecule has 1 heteroatoms. The van der Waals surface area contributed by atoms with Crippen LogP contribution in [-0.2, 0) is 0 Å². The summed E-state index contributed by atoms with van der Waals surface area (Å²) in [5.41, 5.74) is 6.56. The first-order valence-corrected chi connectivity index (χ1v) is 5.48. The maximum Gasteiger partial charge on any atom is 0.0157 e. The van der Waals surface area contributed by atoms with Crippen LogP contribution in [0.2, 0.25) is 0 Å². The quantitative estimate of drug-likeness (QED) is 0.687. The van der Waals surface area contributed by atoms with Gasteiger partial charge in [-0.1, -0.05) is 19.8 Å². The van der Waals surface area contributed by atoms with Gasteiger partial charge in [-0.15, -0.1) is 0 Å². The third-order valence-electron chi connectivity index (χ3n) is 3.75. The Morgan fingerprint density at radius 3 is 2.42 bits per heavy atom. The van der Waals surface area contributed by atoms with E-state index in [1.54, 1.807) is 0 Å². The van der Waals surface area contributed by atoms with Gasteiger partial charge in [0, 0.05) is 5.54 Å². The van der Waals surface area contributed by atoms with E-state index in [1.165, 1.54) is 44.9 Å². The molecule has 2 rings (SSSR count). The van der Waals surface area contributed by atoms with Crippen LogP contribution in [0.15, 0.2) is 0 Å². The average Bonchev–Trinajstić information content (AvgIpc) is 2.77. The van der Waals surface area contributed by atoms with Crippen LogP contribution in [-0.4, -0.2) is 5.54 Å². The maximum atomic E-state index is 6.33. The van der Waals surface area contributed by atoms with Gasteiger partial charge in [-0.05, 0) is 43.9 Å². The molecule has 2 N–H and O–H groups in total. The van der Waals surface area contributed by atoms with E-state index in [0.29, 0.717) is 0 Å². The Labute approximate surface area is 75.7 Å². The van der Waals surface area contributed by atoms with Gasteiger partial charge in [0.1, 0.15) is 0 Å². The third-order valence-corrected chi connectivity index (χ3v) is 3.75. The highest BCUT2D eigenvalue weighted by Gasteiger charge is 2.36. The molecule has 1 unspecified atom stereocenters. The van der Waals surface area contributed by atoms with Gasteiger partial charge in [-0.2, -0.15) is 0 Å². The zero-order chi connectivity index (χ0) is 8.60. The van der Waals surface area contributed by atoms with Crippen molar-refractivity contribution in [2.24, 2.45) is 17.6 Å². The Hall–Kier alpha value is -0.0400. The Kier molecular flexibility index (Phi) is 2.16. The van der Waals surface area contributed by atoms with E-state index in [0.717, 1.165) is 11.8 Å². The van der Waals surface area contributed by atoms with Gasteiger partial charge in [0.05, 0.1) is 0 Å². The smallest absolute Gasteiger partial charge is 0.0157 e. The summed E-state index contributed by atoms with van der Waals surface area (Å²) < 4.78 is 0. The van der Waals surface area contributed by atoms with Crippen molar-refractivity contribution in [2.75, 3.05) is 0 Å². The van der Waals surface area contributed by atoms with E-state index in [-0.39, 0.29) is 5.54 Å². The summed E-state index contributed by atoms with van der Waals surface area (Å²) in [6.07, 6.45) is 9.53. The first-order valence-electron chi connectivity index (χ1n) is 5.48. The molecule has 0 aromatic rings. The topological polar surface area (TPSA) is 26.0 Å². The molecule has 2 fully saturated rings. The molecule has 2 aliphatic carbocycles. The average molecular weight is 167 g/mol. The van der Waals surface area contributed by atoms with E-state index in [2.05, 4.69) is 6.92 Å². The molecule has 1 nitrogen and oxygen atoms in total. The molecule has 70 valence electrons. The Bertz CT molecular complexity index is 154. The Morgan fingerprint density at radius 1 is 1.33 bits per heavy atom. The zero-order valence-electron chi connectivity index (χ0n) is 8.18. The van der Waals surface area contributed by atoms with Crippen LogP contribution in [0.1, 0.15) is 51.9 Å². The van der Waals surface area contributed by atoms with Gasteiger partial charge < -0.3 is 5.73 Å². The third kappa shape index (κ3) is 1.82. The predicted octanol–water partition coefficient (Wildman–Crippen LogP) is 2.69. The molecule has 1 atom stereocenters. The second-order valence-corrected chi connectivity index (χ2v) is 5.09. The van der Waals surface area contributed by atoms with Gasteiger partial charge in [-0.3, -0.25) is 0 Å². The van der Waals surface area contributed by atoms with Crippen LogP contribution < -0.4 is 5.73 Å². The molecule has 0 bridgehead atoms. The van der Waals surface area contributed by atoms with Crippen LogP contribution in [0.4, 0.5) is 0 Å². The molecule has 0 spiro atoms. The fourth-order valence-electron chi connectivity index (χ4n) is 2.76. The molecule has 0 aliphatic heterocycles. The Balaban J connectivity index is 1.83. The molecule has 2 saturated carbocycles. The largest absolute Gasteiger partial charge is 0.325 e. The normalized spacial score (nSPS) is 30.5. The van der Waals surface area contributed by atoms with Crippen molar-refractivity contribution in [1.29, 1.82) is 0 Å². The maximum absolute atomic E-state index is 6.33. The first kappa shape index (κ1) is 8.55. The lowest BCUT2D eigenvalue weighted by molar-refractivity contribution is 0.313. The van der Waals surface area contributed by atoms with Crippen molar-refractivity contribution < 1.29 is 0 Å². The first-order chi connectivity index (χ1) is 5.70. The van der Waals surface area contributed by atoms with Crippen molar-refractivity contribution in [3.05, 3.63) is 0 Å². The van der Waals surface area contributed by atoms with Gasteiger partial charge in [-0.25, -0.2) is 0 Å². The van der Waals surface area contributed by atoms with Crippen molar-refractivity contribution in [3.63, 3.8) is 0 Å². The highest BCUT2D eigenvalue weighted by Crippen LogP contribution is 2.42. The highest BCUT2D eigenvalue weighted by atomic mass is 14.8. The molecule has 0 saturated heterocycles.